The van der Waals surface area contributed by atoms with E-state index in [1.165, 1.54) is 4.88 Å². The van der Waals surface area contributed by atoms with Crippen LogP contribution in [-0.2, 0) is 11.3 Å². The molecule has 6 nitrogen and oxygen atoms in total. The summed E-state index contributed by atoms with van der Waals surface area (Å²) in [5, 5.41) is 3.06. The molecule has 4 rings (SSSR count). The van der Waals surface area contributed by atoms with Crippen LogP contribution in [0.5, 0.6) is 5.75 Å². The summed E-state index contributed by atoms with van der Waals surface area (Å²) < 4.78 is 5.90. The van der Waals surface area contributed by atoms with Gasteiger partial charge < -0.3 is 10.1 Å². The number of pyridine rings is 1. The van der Waals surface area contributed by atoms with Crippen molar-refractivity contribution in [1.82, 2.24) is 20.2 Å². The number of rotatable bonds is 5. The third-order valence-electron chi connectivity index (χ3n) is 5.42. The maximum Gasteiger partial charge on any atom is 0.228 e. The molecule has 0 aromatic carbocycles. The average molecular weight is 358 g/mol. The number of amides is 1. The number of carbonyl (C=O) groups is 1. The first-order chi connectivity index (χ1) is 12.2. The van der Waals surface area contributed by atoms with Gasteiger partial charge in [-0.2, -0.15) is 0 Å². The van der Waals surface area contributed by atoms with Crippen LogP contribution in [0.4, 0.5) is 0 Å². The first-order valence-electron chi connectivity index (χ1n) is 8.60. The standard InChI is InChI=1S/C18H22N4O2S/c1-13-16(25-12-21-13)9-22-6-4-18(11-22)14(7-20-17(18)23)10-24-15-3-2-5-19-8-15/h2-3,5,8,12,14H,4,6-7,9-11H2,1H3,(H,20,23)/t14-,18-/m1/s1. The minimum atomic E-state index is -0.333. The molecule has 2 atom stereocenters. The van der Waals surface area contributed by atoms with Crippen LogP contribution in [0.3, 0.4) is 0 Å². The van der Waals surface area contributed by atoms with Gasteiger partial charge in [-0.1, -0.05) is 0 Å². The molecule has 2 saturated heterocycles. The minimum Gasteiger partial charge on any atom is -0.492 e. The van der Waals surface area contributed by atoms with Crippen LogP contribution in [0.15, 0.2) is 30.0 Å². The highest BCUT2D eigenvalue weighted by Gasteiger charge is 2.54. The fraction of sp³-hybridized carbons (Fsp3) is 0.500. The van der Waals surface area contributed by atoms with Crippen molar-refractivity contribution in [1.29, 1.82) is 0 Å². The predicted octanol–water partition coefficient (Wildman–Crippen LogP) is 1.86. The molecule has 2 aliphatic heterocycles. The van der Waals surface area contributed by atoms with E-state index in [0.717, 1.165) is 37.5 Å². The summed E-state index contributed by atoms with van der Waals surface area (Å²) >= 11 is 1.69. The van der Waals surface area contributed by atoms with Crippen LogP contribution in [0.1, 0.15) is 17.0 Å². The number of aryl methyl sites for hydroxylation is 1. The van der Waals surface area contributed by atoms with Crippen molar-refractivity contribution in [2.24, 2.45) is 11.3 Å². The number of nitrogens with one attached hydrogen (secondary N) is 1. The Hall–Kier alpha value is -1.99. The molecule has 25 heavy (non-hydrogen) atoms. The number of nitrogens with zero attached hydrogens (tertiary/aromatic N) is 3. The minimum absolute atomic E-state index is 0.177. The molecule has 0 unspecified atom stereocenters. The highest BCUT2D eigenvalue weighted by molar-refractivity contribution is 7.09. The van der Waals surface area contributed by atoms with Crippen LogP contribution in [0, 0.1) is 18.3 Å². The molecule has 2 aromatic rings. The second-order valence-electron chi connectivity index (χ2n) is 6.88. The van der Waals surface area contributed by atoms with E-state index < -0.39 is 0 Å². The Morgan fingerprint density at radius 1 is 1.52 bits per heavy atom. The molecule has 1 amide bonds. The van der Waals surface area contributed by atoms with E-state index in [4.69, 9.17) is 4.74 Å². The molecular formula is C18H22N4O2S. The van der Waals surface area contributed by atoms with E-state index in [2.05, 4.69) is 20.2 Å². The summed E-state index contributed by atoms with van der Waals surface area (Å²) in [5.74, 6) is 1.12. The topological polar surface area (TPSA) is 67.4 Å². The lowest BCUT2D eigenvalue weighted by atomic mass is 9.77. The van der Waals surface area contributed by atoms with Crippen LogP contribution in [0.25, 0.3) is 0 Å². The summed E-state index contributed by atoms with van der Waals surface area (Å²) in [5.41, 5.74) is 2.66. The first kappa shape index (κ1) is 16.5. The zero-order valence-corrected chi connectivity index (χ0v) is 15.1. The molecule has 1 N–H and O–H groups in total. The Labute approximate surface area is 151 Å². The molecule has 2 fully saturated rings. The third kappa shape index (κ3) is 3.14. The van der Waals surface area contributed by atoms with Gasteiger partial charge in [-0.25, -0.2) is 4.98 Å². The van der Waals surface area contributed by atoms with Gasteiger partial charge in [0.25, 0.3) is 0 Å². The number of hydrogen-bond donors (Lipinski definition) is 1. The fourth-order valence-electron chi connectivity index (χ4n) is 3.87. The van der Waals surface area contributed by atoms with Crippen molar-refractivity contribution in [3.63, 3.8) is 0 Å². The zero-order valence-electron chi connectivity index (χ0n) is 14.3. The summed E-state index contributed by atoms with van der Waals surface area (Å²) in [6.07, 6.45) is 4.33. The van der Waals surface area contributed by atoms with Gasteiger partial charge in [0.05, 0.1) is 29.4 Å². The molecule has 132 valence electrons. The maximum atomic E-state index is 12.6. The number of aromatic nitrogens is 2. The second-order valence-corrected chi connectivity index (χ2v) is 7.82. The quantitative estimate of drug-likeness (QED) is 0.884. The Kier molecular flexibility index (Phi) is 4.43. The number of carbonyl (C=O) groups excluding carboxylic acids is 1. The highest BCUT2D eigenvalue weighted by atomic mass is 32.1. The van der Waals surface area contributed by atoms with E-state index in [0.29, 0.717) is 13.2 Å². The largest absolute Gasteiger partial charge is 0.492 e. The third-order valence-corrected chi connectivity index (χ3v) is 6.34. The number of thiazole rings is 1. The van der Waals surface area contributed by atoms with Gasteiger partial charge >= 0.3 is 0 Å². The second kappa shape index (κ2) is 6.72. The van der Waals surface area contributed by atoms with Crippen LogP contribution in [-0.4, -0.2) is 47.0 Å². The van der Waals surface area contributed by atoms with Crippen molar-refractivity contribution in [2.75, 3.05) is 26.2 Å². The van der Waals surface area contributed by atoms with E-state index in [-0.39, 0.29) is 17.2 Å². The van der Waals surface area contributed by atoms with E-state index in [9.17, 15) is 4.79 Å². The van der Waals surface area contributed by atoms with Crippen LogP contribution < -0.4 is 10.1 Å². The van der Waals surface area contributed by atoms with Crippen molar-refractivity contribution in [3.8, 4) is 5.75 Å². The van der Waals surface area contributed by atoms with Gasteiger partial charge in [-0.3, -0.25) is 14.7 Å². The molecule has 0 saturated carbocycles. The van der Waals surface area contributed by atoms with Gasteiger partial charge in [0, 0.05) is 36.6 Å². The van der Waals surface area contributed by atoms with E-state index in [1.54, 1.807) is 23.7 Å². The van der Waals surface area contributed by atoms with Crippen LogP contribution in [0.2, 0.25) is 0 Å². The summed E-state index contributed by atoms with van der Waals surface area (Å²) in [4.78, 5) is 24.7. The van der Waals surface area contributed by atoms with E-state index >= 15 is 0 Å². The molecule has 0 aliphatic carbocycles. The number of ether oxygens (including phenoxy) is 1. The number of likely N-dealkylation sites (tertiary alicyclic amines) is 1. The van der Waals surface area contributed by atoms with Crippen molar-refractivity contribution < 1.29 is 9.53 Å². The smallest absolute Gasteiger partial charge is 0.228 e. The Bertz CT molecular complexity index is 751. The highest BCUT2D eigenvalue weighted by Crippen LogP contribution is 2.42. The Balaban J connectivity index is 1.43. The summed E-state index contributed by atoms with van der Waals surface area (Å²) in [6.45, 7) is 5.88. The van der Waals surface area contributed by atoms with Gasteiger partial charge in [0.2, 0.25) is 5.91 Å². The van der Waals surface area contributed by atoms with Gasteiger partial charge in [0.15, 0.2) is 0 Å². The van der Waals surface area contributed by atoms with Crippen molar-refractivity contribution >= 4 is 17.2 Å². The van der Waals surface area contributed by atoms with Gasteiger partial charge in [-0.15, -0.1) is 11.3 Å². The maximum absolute atomic E-state index is 12.6. The number of hydrogen-bond acceptors (Lipinski definition) is 6. The molecule has 4 heterocycles. The lowest BCUT2D eigenvalue weighted by Crippen LogP contribution is -2.40. The van der Waals surface area contributed by atoms with Crippen LogP contribution >= 0.6 is 11.3 Å². The Morgan fingerprint density at radius 2 is 2.44 bits per heavy atom. The molecule has 0 bridgehead atoms. The molecule has 2 aromatic heterocycles. The molecular weight excluding hydrogens is 336 g/mol. The van der Waals surface area contributed by atoms with Crippen molar-refractivity contribution in [3.05, 3.63) is 40.6 Å². The van der Waals surface area contributed by atoms with E-state index in [1.807, 2.05) is 24.6 Å². The Morgan fingerprint density at radius 3 is 3.20 bits per heavy atom. The lowest BCUT2D eigenvalue weighted by Gasteiger charge is -2.28. The van der Waals surface area contributed by atoms with Gasteiger partial charge in [0.1, 0.15) is 5.75 Å². The molecule has 0 radical (unpaired) electrons. The molecule has 1 spiro atoms. The summed E-state index contributed by atoms with van der Waals surface area (Å²) in [7, 11) is 0. The predicted molar refractivity (Wildman–Crippen MR) is 95.4 cm³/mol. The summed E-state index contributed by atoms with van der Waals surface area (Å²) in [6, 6.07) is 3.76. The zero-order chi connectivity index (χ0) is 17.3. The molecule has 2 aliphatic rings. The monoisotopic (exact) mass is 358 g/mol. The SMILES string of the molecule is Cc1ncsc1CN1CC[C@]2(C1)C(=O)NC[C@@H]2COc1cccnc1. The fourth-order valence-corrected chi connectivity index (χ4v) is 4.69. The first-order valence-corrected chi connectivity index (χ1v) is 9.48. The molecule has 7 heteroatoms. The average Bonchev–Trinajstić information content (AvgIpc) is 3.31. The lowest BCUT2D eigenvalue weighted by molar-refractivity contribution is -0.128. The van der Waals surface area contributed by atoms with Gasteiger partial charge in [-0.05, 0) is 32.0 Å². The van der Waals surface area contributed by atoms with Crippen molar-refractivity contribution in [2.45, 2.75) is 19.9 Å². The normalized spacial score (nSPS) is 26.3.